The Labute approximate surface area is 84.6 Å². The van der Waals surface area contributed by atoms with Crippen LogP contribution in [0, 0.1) is 6.92 Å². The van der Waals surface area contributed by atoms with E-state index in [4.69, 9.17) is 0 Å². The van der Waals surface area contributed by atoms with Crippen LogP contribution in [0.15, 0.2) is 6.20 Å². The molecule has 2 heterocycles. The molecule has 0 spiro atoms. The summed E-state index contributed by atoms with van der Waals surface area (Å²) in [5, 5.41) is 2.52. The van der Waals surface area contributed by atoms with E-state index in [1.165, 1.54) is 35.9 Å². The summed E-state index contributed by atoms with van der Waals surface area (Å²) in [4.78, 5) is 6.66. The van der Waals surface area contributed by atoms with Crippen LogP contribution in [0.3, 0.4) is 0 Å². The molecule has 0 amide bonds. The minimum atomic E-state index is 1.17. The lowest BCUT2D eigenvalue weighted by atomic mass is 10.4. The maximum absolute atomic E-state index is 4.24. The number of thiazole rings is 1. The first-order valence-electron chi connectivity index (χ1n) is 5.03. The number of aryl methyl sites for hydroxylation is 1. The highest BCUT2D eigenvalue weighted by Gasteiger charge is 2.13. The van der Waals surface area contributed by atoms with Crippen molar-refractivity contribution in [3.63, 3.8) is 0 Å². The molecule has 0 saturated carbocycles. The maximum Gasteiger partial charge on any atom is 0.111 e. The van der Waals surface area contributed by atoms with Crippen LogP contribution in [0.4, 0.5) is 5.00 Å². The summed E-state index contributed by atoms with van der Waals surface area (Å²) in [6.45, 7) is 8.51. The van der Waals surface area contributed by atoms with Crippen LogP contribution >= 0.6 is 11.3 Å². The fraction of sp³-hybridized carbons (Fsp3) is 0.700. The molecule has 1 aromatic rings. The second kappa shape index (κ2) is 5.22. The minimum Gasteiger partial charge on any atom is -0.362 e. The largest absolute Gasteiger partial charge is 0.362 e. The van der Waals surface area contributed by atoms with Gasteiger partial charge in [-0.05, 0) is 19.8 Å². The summed E-state index contributed by atoms with van der Waals surface area (Å²) < 4.78 is 0. The van der Waals surface area contributed by atoms with Gasteiger partial charge in [-0.2, -0.15) is 0 Å². The quantitative estimate of drug-likeness (QED) is 0.689. The molecule has 13 heavy (non-hydrogen) atoms. The zero-order valence-corrected chi connectivity index (χ0v) is 9.52. The van der Waals surface area contributed by atoms with Gasteiger partial charge in [0.05, 0.1) is 11.2 Å². The van der Waals surface area contributed by atoms with Crippen molar-refractivity contribution in [2.24, 2.45) is 0 Å². The zero-order chi connectivity index (χ0) is 9.68. The van der Waals surface area contributed by atoms with E-state index in [1.54, 1.807) is 11.3 Å². The second-order valence-corrected chi connectivity index (χ2v) is 4.12. The molecule has 0 aromatic carbocycles. The fourth-order valence-corrected chi connectivity index (χ4v) is 2.26. The van der Waals surface area contributed by atoms with Gasteiger partial charge in [0, 0.05) is 13.1 Å². The Kier molecular flexibility index (Phi) is 4.22. The molecule has 1 aromatic heterocycles. The molecule has 1 aliphatic rings. The Morgan fingerprint density at radius 1 is 1.31 bits per heavy atom. The molecule has 2 nitrogen and oxygen atoms in total. The third-order valence-corrected chi connectivity index (χ3v) is 3.00. The fourth-order valence-electron chi connectivity index (χ4n) is 1.43. The van der Waals surface area contributed by atoms with E-state index in [-0.39, 0.29) is 0 Å². The van der Waals surface area contributed by atoms with E-state index in [0.29, 0.717) is 0 Å². The van der Waals surface area contributed by atoms with Crippen molar-refractivity contribution in [2.45, 2.75) is 33.6 Å². The Hall–Kier alpha value is -0.570. The highest BCUT2D eigenvalue weighted by Crippen LogP contribution is 2.25. The van der Waals surface area contributed by atoms with Crippen LogP contribution in [-0.4, -0.2) is 18.1 Å². The number of hydrogen-bond acceptors (Lipinski definition) is 3. The molecule has 2 rings (SSSR count). The minimum absolute atomic E-state index is 1.17. The topological polar surface area (TPSA) is 16.1 Å². The van der Waals surface area contributed by atoms with Crippen LogP contribution < -0.4 is 4.90 Å². The Morgan fingerprint density at radius 2 is 1.92 bits per heavy atom. The van der Waals surface area contributed by atoms with Crippen molar-refractivity contribution in [3.05, 3.63) is 11.2 Å². The molecule has 0 radical (unpaired) electrons. The third-order valence-electron chi connectivity index (χ3n) is 2.03. The van der Waals surface area contributed by atoms with Gasteiger partial charge in [0.2, 0.25) is 0 Å². The van der Waals surface area contributed by atoms with E-state index in [1.807, 2.05) is 20.0 Å². The monoisotopic (exact) mass is 198 g/mol. The maximum atomic E-state index is 4.24. The first-order chi connectivity index (χ1) is 6.36. The molecule has 0 aliphatic carbocycles. The Bertz CT molecular complexity index is 239. The van der Waals surface area contributed by atoms with Gasteiger partial charge in [-0.25, -0.2) is 4.98 Å². The smallest absolute Gasteiger partial charge is 0.111 e. The van der Waals surface area contributed by atoms with Crippen LogP contribution in [0.5, 0.6) is 0 Å². The van der Waals surface area contributed by atoms with Crippen molar-refractivity contribution in [1.82, 2.24) is 4.98 Å². The van der Waals surface area contributed by atoms with Gasteiger partial charge >= 0.3 is 0 Å². The van der Waals surface area contributed by atoms with E-state index in [2.05, 4.69) is 16.8 Å². The summed E-state index contributed by atoms with van der Waals surface area (Å²) in [7, 11) is 0. The summed E-state index contributed by atoms with van der Waals surface area (Å²) >= 11 is 1.80. The predicted octanol–water partition coefficient (Wildman–Crippen LogP) is 3.08. The number of aromatic nitrogens is 1. The average Bonchev–Trinajstić information content (AvgIpc) is 2.77. The van der Waals surface area contributed by atoms with Crippen molar-refractivity contribution in [3.8, 4) is 0 Å². The molecule has 3 heteroatoms. The normalized spacial score (nSPS) is 15.5. The van der Waals surface area contributed by atoms with Gasteiger partial charge in [-0.3, -0.25) is 0 Å². The Morgan fingerprint density at radius 3 is 2.38 bits per heavy atom. The van der Waals surface area contributed by atoms with Crippen LogP contribution in [-0.2, 0) is 0 Å². The van der Waals surface area contributed by atoms with Crippen LogP contribution in [0.25, 0.3) is 0 Å². The average molecular weight is 198 g/mol. The molecule has 1 saturated heterocycles. The first-order valence-corrected chi connectivity index (χ1v) is 5.85. The molecule has 0 unspecified atom stereocenters. The van der Waals surface area contributed by atoms with Gasteiger partial charge in [-0.15, -0.1) is 11.3 Å². The number of anilines is 1. The standard InChI is InChI=1S/C8H12N2S.C2H6/c1-7-9-6-8(11-7)10-4-2-3-5-10;1-2/h6H,2-5H2,1H3;1-2H3. The van der Waals surface area contributed by atoms with Crippen LogP contribution in [0.2, 0.25) is 0 Å². The summed E-state index contributed by atoms with van der Waals surface area (Å²) in [6, 6.07) is 0. The predicted molar refractivity (Wildman–Crippen MR) is 59.6 cm³/mol. The molecular weight excluding hydrogens is 180 g/mol. The van der Waals surface area contributed by atoms with Crippen molar-refractivity contribution in [1.29, 1.82) is 0 Å². The third kappa shape index (κ3) is 2.69. The van der Waals surface area contributed by atoms with Gasteiger partial charge in [0.15, 0.2) is 0 Å². The van der Waals surface area contributed by atoms with Crippen molar-refractivity contribution >= 4 is 16.3 Å². The van der Waals surface area contributed by atoms with Gasteiger partial charge in [-0.1, -0.05) is 13.8 Å². The highest BCUT2D eigenvalue weighted by molar-refractivity contribution is 7.15. The SMILES string of the molecule is CC.Cc1ncc(N2CCCC2)s1. The van der Waals surface area contributed by atoms with Gasteiger partial charge in [0.25, 0.3) is 0 Å². The molecule has 1 aliphatic heterocycles. The van der Waals surface area contributed by atoms with Crippen molar-refractivity contribution < 1.29 is 0 Å². The lowest BCUT2D eigenvalue weighted by molar-refractivity contribution is 0.949. The number of hydrogen-bond donors (Lipinski definition) is 0. The first kappa shape index (κ1) is 10.5. The number of nitrogens with zero attached hydrogens (tertiary/aromatic N) is 2. The summed E-state index contributed by atoms with van der Waals surface area (Å²) in [5.41, 5.74) is 0. The highest BCUT2D eigenvalue weighted by atomic mass is 32.1. The second-order valence-electron chi connectivity index (χ2n) is 2.91. The number of rotatable bonds is 1. The molecule has 1 fully saturated rings. The van der Waals surface area contributed by atoms with E-state index in [9.17, 15) is 0 Å². The molecule has 0 N–H and O–H groups in total. The van der Waals surface area contributed by atoms with E-state index < -0.39 is 0 Å². The van der Waals surface area contributed by atoms with Crippen LogP contribution in [0.1, 0.15) is 31.7 Å². The molecule has 74 valence electrons. The summed E-state index contributed by atoms with van der Waals surface area (Å²) in [6.07, 6.45) is 4.68. The van der Waals surface area contributed by atoms with E-state index >= 15 is 0 Å². The molecule has 0 bridgehead atoms. The molecular formula is C10H18N2S. The van der Waals surface area contributed by atoms with Crippen molar-refractivity contribution in [2.75, 3.05) is 18.0 Å². The summed E-state index contributed by atoms with van der Waals surface area (Å²) in [5.74, 6) is 0. The van der Waals surface area contributed by atoms with Gasteiger partial charge < -0.3 is 4.90 Å². The lowest BCUT2D eigenvalue weighted by Gasteiger charge is -2.12. The zero-order valence-electron chi connectivity index (χ0n) is 8.71. The molecule has 0 atom stereocenters. The Balaban J connectivity index is 0.000000396. The lowest BCUT2D eigenvalue weighted by Crippen LogP contribution is -2.15. The van der Waals surface area contributed by atoms with Gasteiger partial charge in [0.1, 0.15) is 5.00 Å². The van der Waals surface area contributed by atoms with E-state index in [0.717, 1.165) is 0 Å².